The summed E-state index contributed by atoms with van der Waals surface area (Å²) >= 11 is 0. The molecule has 0 spiro atoms. The Balaban J connectivity index is 1.67. The normalized spacial score (nSPS) is 19.9. The van der Waals surface area contributed by atoms with Crippen molar-refractivity contribution in [3.63, 3.8) is 0 Å². The van der Waals surface area contributed by atoms with Crippen LogP contribution in [0.5, 0.6) is 0 Å². The molecule has 2 aromatic heterocycles. The molecule has 1 unspecified atom stereocenters. The number of hydrogen-bond acceptors (Lipinski definition) is 7. The third-order valence-electron chi connectivity index (χ3n) is 6.52. The summed E-state index contributed by atoms with van der Waals surface area (Å²) in [6, 6.07) is 4.25. The standard InChI is InChI=1S/C24H35N7O/c1-15(2)20-11-18(12-21(29-20)16-7-4-3-5-8-16)28-23-19(22(26)32)13-27-24(30-23)31-10-6-9-17(25)14-31/h11-13,15-17H,3-10,14,25H2,1-2H3,(H2,26,32)(H,27,28,29,30). The quantitative estimate of drug-likeness (QED) is 0.628. The van der Waals surface area contributed by atoms with Gasteiger partial charge in [-0.05, 0) is 43.7 Å². The van der Waals surface area contributed by atoms with Crippen LogP contribution in [-0.2, 0) is 0 Å². The van der Waals surface area contributed by atoms with Gasteiger partial charge in [-0.2, -0.15) is 4.98 Å². The number of hydrogen-bond donors (Lipinski definition) is 3. The number of nitrogens with one attached hydrogen (secondary N) is 1. The summed E-state index contributed by atoms with van der Waals surface area (Å²) in [4.78, 5) is 28.2. The molecule has 172 valence electrons. The number of aromatic nitrogens is 3. The minimum atomic E-state index is -0.556. The lowest BCUT2D eigenvalue weighted by atomic mass is 9.86. The van der Waals surface area contributed by atoms with Gasteiger partial charge in [0.15, 0.2) is 0 Å². The minimum absolute atomic E-state index is 0.103. The summed E-state index contributed by atoms with van der Waals surface area (Å²) in [6.45, 7) is 5.84. The molecule has 1 aliphatic heterocycles. The molecule has 1 atom stereocenters. The van der Waals surface area contributed by atoms with Crippen molar-refractivity contribution in [3.05, 3.63) is 35.3 Å². The average molecular weight is 438 g/mol. The number of anilines is 3. The lowest BCUT2D eigenvalue weighted by molar-refractivity contribution is 0.100. The van der Waals surface area contributed by atoms with Crippen molar-refractivity contribution in [2.75, 3.05) is 23.3 Å². The van der Waals surface area contributed by atoms with Crippen molar-refractivity contribution >= 4 is 23.4 Å². The van der Waals surface area contributed by atoms with Crippen LogP contribution in [-0.4, -0.2) is 40.0 Å². The van der Waals surface area contributed by atoms with Crippen LogP contribution in [0.2, 0.25) is 0 Å². The summed E-state index contributed by atoms with van der Waals surface area (Å²) in [5, 5.41) is 3.37. The molecule has 5 N–H and O–H groups in total. The maximum absolute atomic E-state index is 12.1. The van der Waals surface area contributed by atoms with Gasteiger partial charge < -0.3 is 21.7 Å². The van der Waals surface area contributed by atoms with Gasteiger partial charge in [0.2, 0.25) is 5.95 Å². The summed E-state index contributed by atoms with van der Waals surface area (Å²) in [6.07, 6.45) is 9.66. The van der Waals surface area contributed by atoms with Gasteiger partial charge in [-0.15, -0.1) is 0 Å². The number of nitrogens with two attached hydrogens (primary N) is 2. The number of amides is 1. The van der Waals surface area contributed by atoms with E-state index in [4.69, 9.17) is 21.4 Å². The number of rotatable bonds is 6. The second-order valence-corrected chi connectivity index (χ2v) is 9.47. The maximum Gasteiger partial charge on any atom is 0.254 e. The third kappa shape index (κ3) is 5.18. The van der Waals surface area contributed by atoms with Crippen molar-refractivity contribution in [2.45, 2.75) is 76.7 Å². The molecule has 1 amide bonds. The van der Waals surface area contributed by atoms with Gasteiger partial charge in [0.25, 0.3) is 5.91 Å². The van der Waals surface area contributed by atoms with Crippen LogP contribution in [0.15, 0.2) is 18.3 Å². The predicted molar refractivity (Wildman–Crippen MR) is 127 cm³/mol. The number of pyridine rings is 1. The first-order valence-corrected chi connectivity index (χ1v) is 11.9. The van der Waals surface area contributed by atoms with E-state index in [1.165, 1.54) is 38.3 Å². The second kappa shape index (κ2) is 9.81. The van der Waals surface area contributed by atoms with E-state index in [2.05, 4.69) is 35.1 Å². The Labute approximate surface area is 190 Å². The van der Waals surface area contributed by atoms with Crippen molar-refractivity contribution in [1.29, 1.82) is 0 Å². The van der Waals surface area contributed by atoms with Crippen LogP contribution in [0, 0.1) is 0 Å². The van der Waals surface area contributed by atoms with Crippen LogP contribution in [0.1, 0.15) is 92.4 Å². The molecule has 32 heavy (non-hydrogen) atoms. The van der Waals surface area contributed by atoms with E-state index in [-0.39, 0.29) is 11.6 Å². The molecule has 2 aromatic rings. The molecule has 0 aromatic carbocycles. The first-order chi connectivity index (χ1) is 15.4. The second-order valence-electron chi connectivity index (χ2n) is 9.47. The number of nitrogens with zero attached hydrogens (tertiary/aromatic N) is 4. The number of carbonyl (C=O) groups excluding carboxylic acids is 1. The van der Waals surface area contributed by atoms with E-state index in [1.54, 1.807) is 0 Å². The monoisotopic (exact) mass is 437 g/mol. The van der Waals surface area contributed by atoms with E-state index in [9.17, 15) is 4.79 Å². The van der Waals surface area contributed by atoms with E-state index in [0.29, 0.717) is 30.1 Å². The Morgan fingerprint density at radius 2 is 1.91 bits per heavy atom. The highest BCUT2D eigenvalue weighted by molar-refractivity contribution is 5.98. The molecule has 8 nitrogen and oxygen atoms in total. The van der Waals surface area contributed by atoms with Crippen LogP contribution in [0.4, 0.5) is 17.5 Å². The number of carbonyl (C=O) groups is 1. The van der Waals surface area contributed by atoms with E-state index >= 15 is 0 Å². The Kier molecular flexibility index (Phi) is 6.89. The molecule has 3 heterocycles. The molecule has 4 rings (SSSR count). The molecule has 1 aliphatic carbocycles. The summed E-state index contributed by atoms with van der Waals surface area (Å²) in [5.41, 5.74) is 15.1. The van der Waals surface area contributed by atoms with Gasteiger partial charge in [0, 0.05) is 48.3 Å². The first kappa shape index (κ1) is 22.5. The summed E-state index contributed by atoms with van der Waals surface area (Å²) < 4.78 is 0. The molecule has 1 saturated carbocycles. The SMILES string of the molecule is CC(C)c1cc(Nc2nc(N3CCCC(N)C3)ncc2C(N)=O)cc(C2CCCCC2)n1. The zero-order valence-electron chi connectivity index (χ0n) is 19.2. The van der Waals surface area contributed by atoms with Gasteiger partial charge in [-0.3, -0.25) is 9.78 Å². The zero-order chi connectivity index (χ0) is 22.7. The van der Waals surface area contributed by atoms with E-state index in [0.717, 1.165) is 36.5 Å². The van der Waals surface area contributed by atoms with Crippen LogP contribution >= 0.6 is 0 Å². The largest absolute Gasteiger partial charge is 0.365 e. The average Bonchev–Trinajstić information content (AvgIpc) is 2.79. The summed E-state index contributed by atoms with van der Waals surface area (Å²) in [7, 11) is 0. The van der Waals surface area contributed by atoms with E-state index in [1.807, 2.05) is 6.07 Å². The Morgan fingerprint density at radius 1 is 1.12 bits per heavy atom. The first-order valence-electron chi connectivity index (χ1n) is 11.9. The topological polar surface area (TPSA) is 123 Å². The van der Waals surface area contributed by atoms with Crippen LogP contribution < -0.4 is 21.7 Å². The van der Waals surface area contributed by atoms with Gasteiger partial charge in [0.05, 0.1) is 0 Å². The lowest BCUT2D eigenvalue weighted by Crippen LogP contribution is -2.43. The molecule has 0 bridgehead atoms. The van der Waals surface area contributed by atoms with Gasteiger partial charge in [-0.25, -0.2) is 4.98 Å². The molecular formula is C24H35N7O. The van der Waals surface area contributed by atoms with Crippen molar-refractivity contribution < 1.29 is 4.79 Å². The van der Waals surface area contributed by atoms with E-state index < -0.39 is 5.91 Å². The Bertz CT molecular complexity index is 955. The number of primary amides is 1. The van der Waals surface area contributed by atoms with Crippen molar-refractivity contribution in [1.82, 2.24) is 15.0 Å². The zero-order valence-corrected chi connectivity index (χ0v) is 19.2. The Morgan fingerprint density at radius 3 is 2.59 bits per heavy atom. The van der Waals surface area contributed by atoms with Crippen LogP contribution in [0.25, 0.3) is 0 Å². The highest BCUT2D eigenvalue weighted by Crippen LogP contribution is 2.34. The maximum atomic E-state index is 12.1. The fourth-order valence-electron chi connectivity index (χ4n) is 4.68. The molecule has 0 radical (unpaired) electrons. The van der Waals surface area contributed by atoms with Gasteiger partial charge in [-0.1, -0.05) is 33.1 Å². The molecule has 8 heteroatoms. The van der Waals surface area contributed by atoms with Gasteiger partial charge >= 0.3 is 0 Å². The van der Waals surface area contributed by atoms with Crippen LogP contribution in [0.3, 0.4) is 0 Å². The van der Waals surface area contributed by atoms with Gasteiger partial charge in [0.1, 0.15) is 11.4 Å². The molecule has 2 aliphatic rings. The predicted octanol–water partition coefficient (Wildman–Crippen LogP) is 3.81. The number of piperidine rings is 1. The highest BCUT2D eigenvalue weighted by atomic mass is 16.1. The fraction of sp³-hybridized carbons (Fsp3) is 0.583. The van der Waals surface area contributed by atoms with Crippen molar-refractivity contribution in [3.8, 4) is 0 Å². The molecular weight excluding hydrogens is 402 g/mol. The summed E-state index contributed by atoms with van der Waals surface area (Å²) in [5.74, 6) is 1.22. The molecule has 1 saturated heterocycles. The van der Waals surface area contributed by atoms with Crippen molar-refractivity contribution in [2.24, 2.45) is 11.5 Å². The lowest BCUT2D eigenvalue weighted by Gasteiger charge is -2.31. The third-order valence-corrected chi connectivity index (χ3v) is 6.52. The fourth-order valence-corrected chi connectivity index (χ4v) is 4.68. The smallest absolute Gasteiger partial charge is 0.254 e. The Hall–Kier alpha value is -2.74. The highest BCUT2D eigenvalue weighted by Gasteiger charge is 2.23. The minimum Gasteiger partial charge on any atom is -0.365 e. The molecule has 2 fully saturated rings.